The van der Waals surface area contributed by atoms with Gasteiger partial charge in [-0.25, -0.2) is 4.79 Å². The van der Waals surface area contributed by atoms with Gasteiger partial charge in [0.15, 0.2) is 0 Å². The third-order valence-corrected chi connectivity index (χ3v) is 8.51. The van der Waals surface area contributed by atoms with Crippen molar-refractivity contribution in [3.63, 3.8) is 0 Å². The Morgan fingerprint density at radius 3 is 2.17 bits per heavy atom. The van der Waals surface area contributed by atoms with Crippen molar-refractivity contribution in [2.75, 3.05) is 0 Å². The molecule has 9 heteroatoms. The average molecular weight is 718 g/mol. The molecule has 0 bridgehead atoms. The third-order valence-electron chi connectivity index (χ3n) is 8.28. The van der Waals surface area contributed by atoms with Crippen molar-refractivity contribution in [2.45, 2.75) is 65.3 Å². The predicted octanol–water partition coefficient (Wildman–Crippen LogP) is 9.88. The smallest absolute Gasteiger partial charge is 0.407 e. The maximum absolute atomic E-state index is 14.0. The van der Waals surface area contributed by atoms with Crippen LogP contribution in [0.1, 0.15) is 68.6 Å². The first kappa shape index (κ1) is 37.8. The normalized spacial score (nSPS) is 12.3. The second-order valence-electron chi connectivity index (χ2n) is 13.5. The minimum atomic E-state index is -0.617. The van der Waals surface area contributed by atoms with E-state index in [-0.39, 0.29) is 12.6 Å². The van der Waals surface area contributed by atoms with Crippen LogP contribution in [-0.4, -0.2) is 29.6 Å². The molecular formula is C43H44ClN3O5. The Labute approximate surface area is 310 Å². The van der Waals surface area contributed by atoms with Crippen LogP contribution in [-0.2, 0) is 16.1 Å². The summed E-state index contributed by atoms with van der Waals surface area (Å²) >= 11 is 6.50. The van der Waals surface area contributed by atoms with Crippen molar-refractivity contribution in [3.05, 3.63) is 143 Å². The summed E-state index contributed by atoms with van der Waals surface area (Å²) in [7, 11) is 0. The summed E-state index contributed by atoms with van der Waals surface area (Å²) in [6.45, 7) is 9.53. The first-order valence-electron chi connectivity index (χ1n) is 17.3. The number of hydrogen-bond donors (Lipinski definition) is 3. The van der Waals surface area contributed by atoms with Crippen molar-refractivity contribution >= 4 is 29.5 Å². The fraction of sp³-hybridized carbons (Fsp3) is 0.233. The van der Waals surface area contributed by atoms with Crippen molar-refractivity contribution in [1.82, 2.24) is 16.0 Å². The van der Waals surface area contributed by atoms with Crippen molar-refractivity contribution in [1.29, 1.82) is 0 Å². The first-order chi connectivity index (χ1) is 24.9. The highest BCUT2D eigenvalue weighted by Crippen LogP contribution is 2.39. The summed E-state index contributed by atoms with van der Waals surface area (Å²) in [6, 6.07) is 37.0. The van der Waals surface area contributed by atoms with Crippen LogP contribution in [0.4, 0.5) is 4.79 Å². The Balaban J connectivity index is 1.45. The molecule has 5 aromatic carbocycles. The van der Waals surface area contributed by atoms with Gasteiger partial charge in [-0.1, -0.05) is 97.4 Å². The number of ether oxygens (including phenoxy) is 2. The van der Waals surface area contributed by atoms with Gasteiger partial charge in [-0.05, 0) is 98.3 Å². The molecule has 0 fully saturated rings. The highest BCUT2D eigenvalue weighted by Gasteiger charge is 2.25. The Hall–Kier alpha value is -5.44. The van der Waals surface area contributed by atoms with Gasteiger partial charge < -0.3 is 14.8 Å². The molecule has 0 aliphatic rings. The third kappa shape index (κ3) is 10.3. The molecule has 2 atom stereocenters. The molecule has 5 aromatic rings. The summed E-state index contributed by atoms with van der Waals surface area (Å²) in [5, 5.41) is 9.21. The Kier molecular flexibility index (Phi) is 12.5. The number of amides is 3. The lowest BCUT2D eigenvalue weighted by Crippen LogP contribution is -2.46. The summed E-state index contributed by atoms with van der Waals surface area (Å²) < 4.78 is 11.8. The lowest BCUT2D eigenvalue weighted by molar-refractivity contribution is -0.122. The molecule has 0 aliphatic heterocycles. The minimum absolute atomic E-state index is 0.104. The van der Waals surface area contributed by atoms with Gasteiger partial charge in [0.25, 0.3) is 5.91 Å². The van der Waals surface area contributed by atoms with Crippen molar-refractivity contribution in [3.8, 4) is 33.8 Å². The van der Waals surface area contributed by atoms with E-state index in [2.05, 4.69) is 16.0 Å². The molecular weight excluding hydrogens is 674 g/mol. The van der Waals surface area contributed by atoms with E-state index in [1.54, 1.807) is 51.1 Å². The predicted molar refractivity (Wildman–Crippen MR) is 206 cm³/mol. The maximum atomic E-state index is 14.0. The summed E-state index contributed by atoms with van der Waals surface area (Å²) in [4.78, 5) is 39.8. The topological polar surface area (TPSA) is 106 Å². The number of halogens is 1. The summed E-state index contributed by atoms with van der Waals surface area (Å²) in [5.74, 6) is -0.0574. The van der Waals surface area contributed by atoms with Gasteiger partial charge in [-0.2, -0.15) is 0 Å². The molecule has 8 nitrogen and oxygen atoms in total. The highest BCUT2D eigenvalue weighted by molar-refractivity contribution is 6.30. The molecule has 0 aliphatic carbocycles. The molecule has 0 heterocycles. The zero-order chi connectivity index (χ0) is 37.3. The molecule has 268 valence electrons. The summed E-state index contributed by atoms with van der Waals surface area (Å²) in [5.41, 5.74) is 4.49. The molecule has 52 heavy (non-hydrogen) atoms. The zero-order valence-electron chi connectivity index (χ0n) is 30.0. The molecule has 0 radical (unpaired) electrons. The van der Waals surface area contributed by atoms with Crippen LogP contribution >= 0.6 is 11.6 Å². The lowest BCUT2D eigenvalue weighted by atomic mass is 9.93. The van der Waals surface area contributed by atoms with Crippen LogP contribution in [0, 0.1) is 0 Å². The second-order valence-corrected chi connectivity index (χ2v) is 13.9. The molecule has 0 saturated carbocycles. The van der Waals surface area contributed by atoms with E-state index >= 15 is 0 Å². The quantitative estimate of drug-likeness (QED) is 0.119. The van der Waals surface area contributed by atoms with Gasteiger partial charge in [0.05, 0.1) is 6.04 Å². The Morgan fingerprint density at radius 1 is 0.769 bits per heavy atom. The number of nitrogens with one attached hydrogen (secondary N) is 3. The van der Waals surface area contributed by atoms with E-state index in [1.165, 1.54) is 0 Å². The number of rotatable bonds is 12. The molecule has 1 unspecified atom stereocenters. The fourth-order valence-corrected chi connectivity index (χ4v) is 5.86. The maximum Gasteiger partial charge on any atom is 0.407 e. The SMILES string of the molecule is CCC(N[C@@H](C)c1ccccc1)C(=O)NC(=O)c1ccc(-c2ccccc2)cc1-c1ccc(Cl)cc1Oc1cccc(CNC(=O)OC(C)(C)C)c1. The van der Waals surface area contributed by atoms with Crippen molar-refractivity contribution < 1.29 is 23.9 Å². The average Bonchev–Trinajstić information content (AvgIpc) is 3.13. The van der Waals surface area contributed by atoms with Crippen LogP contribution in [0.25, 0.3) is 22.3 Å². The number of carbonyl (C=O) groups is 3. The van der Waals surface area contributed by atoms with Crippen LogP contribution < -0.4 is 20.7 Å². The Morgan fingerprint density at radius 2 is 1.48 bits per heavy atom. The molecule has 3 N–H and O–H groups in total. The highest BCUT2D eigenvalue weighted by atomic mass is 35.5. The van der Waals surface area contributed by atoms with E-state index < -0.39 is 29.6 Å². The monoisotopic (exact) mass is 717 g/mol. The van der Waals surface area contributed by atoms with Gasteiger partial charge in [0.2, 0.25) is 5.91 Å². The zero-order valence-corrected chi connectivity index (χ0v) is 30.8. The van der Waals surface area contributed by atoms with E-state index in [0.717, 1.165) is 22.3 Å². The molecule has 0 saturated heterocycles. The van der Waals surface area contributed by atoms with Gasteiger partial charge in [0.1, 0.15) is 17.1 Å². The lowest BCUT2D eigenvalue weighted by Gasteiger charge is -2.22. The fourth-order valence-electron chi connectivity index (χ4n) is 5.70. The van der Waals surface area contributed by atoms with Crippen LogP contribution in [0.2, 0.25) is 5.02 Å². The van der Waals surface area contributed by atoms with Gasteiger partial charge in [-0.3, -0.25) is 20.2 Å². The largest absolute Gasteiger partial charge is 0.457 e. The van der Waals surface area contributed by atoms with Crippen molar-refractivity contribution in [2.24, 2.45) is 0 Å². The molecule has 3 amide bonds. The number of alkyl carbamates (subject to hydrolysis) is 1. The van der Waals surface area contributed by atoms with Crippen LogP contribution in [0.5, 0.6) is 11.5 Å². The van der Waals surface area contributed by atoms with E-state index in [4.69, 9.17) is 21.1 Å². The minimum Gasteiger partial charge on any atom is -0.457 e. The number of hydrogen-bond acceptors (Lipinski definition) is 6. The number of imide groups is 1. The first-order valence-corrected chi connectivity index (χ1v) is 17.7. The number of benzene rings is 5. The van der Waals surface area contributed by atoms with Gasteiger partial charge >= 0.3 is 6.09 Å². The van der Waals surface area contributed by atoms with E-state index in [9.17, 15) is 14.4 Å². The Bertz CT molecular complexity index is 2010. The summed E-state index contributed by atoms with van der Waals surface area (Å²) in [6.07, 6.45) is -0.0391. The van der Waals surface area contributed by atoms with Gasteiger partial charge in [0, 0.05) is 34.8 Å². The van der Waals surface area contributed by atoms with E-state index in [0.29, 0.717) is 39.6 Å². The van der Waals surface area contributed by atoms with Crippen LogP contribution in [0.3, 0.4) is 0 Å². The van der Waals surface area contributed by atoms with Gasteiger partial charge in [-0.15, -0.1) is 0 Å². The molecule has 5 rings (SSSR count). The van der Waals surface area contributed by atoms with Crippen LogP contribution in [0.15, 0.2) is 121 Å². The number of carbonyl (C=O) groups excluding carboxylic acids is 3. The second kappa shape index (κ2) is 17.2. The molecule has 0 aromatic heterocycles. The molecule has 0 spiro atoms. The standard InChI is InChI=1S/C43H44ClN3O5/c1-6-38(46-28(2)30-15-9-7-10-16-30)41(49)47-40(48)36-22-20-32(31-17-11-8-12-18-31)25-37(36)35-23-21-33(44)26-39(35)51-34-19-13-14-29(24-34)27-45-42(50)52-43(3,4)5/h7-26,28,38,46H,6,27H2,1-5H3,(H,45,50)(H,47,48,49)/t28-,38?/m0/s1. The van der Waals surface area contributed by atoms with E-state index in [1.807, 2.05) is 105 Å².